The lowest BCUT2D eigenvalue weighted by Crippen LogP contribution is -2.44. The van der Waals surface area contributed by atoms with Crippen LogP contribution in [0, 0.1) is 35.5 Å². The third-order valence-corrected chi connectivity index (χ3v) is 6.81. The molecule has 4 aliphatic carbocycles. The third-order valence-electron chi connectivity index (χ3n) is 6.56. The molecule has 0 unspecified atom stereocenters. The minimum absolute atomic E-state index is 0.0313. The van der Waals surface area contributed by atoms with Crippen molar-refractivity contribution in [1.82, 2.24) is 4.90 Å². The Kier molecular flexibility index (Phi) is 3.35. The summed E-state index contributed by atoms with van der Waals surface area (Å²) in [6.07, 6.45) is 5.44. The molecule has 5 nitrogen and oxygen atoms in total. The Balaban J connectivity index is 1.44. The van der Waals surface area contributed by atoms with Gasteiger partial charge in [-0.15, -0.1) is 0 Å². The van der Waals surface area contributed by atoms with E-state index >= 15 is 0 Å². The molecule has 1 saturated heterocycles. The van der Waals surface area contributed by atoms with Crippen molar-refractivity contribution in [2.45, 2.75) is 13.3 Å². The smallest absolute Gasteiger partial charge is 0.235 e. The zero-order valence-corrected chi connectivity index (χ0v) is 15.1. The maximum absolute atomic E-state index is 13.1. The van der Waals surface area contributed by atoms with Crippen LogP contribution in [0.4, 0.5) is 5.69 Å². The Hall–Kier alpha value is -2.14. The summed E-state index contributed by atoms with van der Waals surface area (Å²) in [6, 6.07) is 6.83. The maximum atomic E-state index is 13.1. The number of halogens is 1. The molecule has 0 spiro atoms. The number of benzene rings is 1. The molecule has 1 aliphatic heterocycles. The van der Waals surface area contributed by atoms with Gasteiger partial charge in [-0.3, -0.25) is 24.2 Å². The first-order chi connectivity index (χ1) is 12.5. The highest BCUT2D eigenvalue weighted by Crippen LogP contribution is 2.65. The first kappa shape index (κ1) is 16.1. The van der Waals surface area contributed by atoms with Gasteiger partial charge >= 0.3 is 0 Å². The second-order valence-corrected chi connectivity index (χ2v) is 8.26. The van der Waals surface area contributed by atoms with E-state index in [4.69, 9.17) is 11.6 Å². The minimum Gasteiger partial charge on any atom is -0.294 e. The maximum Gasteiger partial charge on any atom is 0.235 e. The topological polar surface area (TPSA) is 57.7 Å². The average molecular weight is 371 g/mol. The molecule has 1 aromatic carbocycles. The molecule has 2 saturated carbocycles. The number of likely N-dealkylation sites (tertiary alicyclic amines) is 1. The van der Waals surface area contributed by atoms with Crippen LogP contribution in [0.2, 0.25) is 5.02 Å². The molecule has 0 aromatic heterocycles. The van der Waals surface area contributed by atoms with Gasteiger partial charge in [0.25, 0.3) is 0 Å². The molecule has 0 N–H and O–H groups in total. The Morgan fingerprint density at radius 1 is 1.08 bits per heavy atom. The van der Waals surface area contributed by atoms with Gasteiger partial charge in [0.15, 0.2) is 0 Å². The lowest BCUT2D eigenvalue weighted by molar-refractivity contribution is -0.140. The first-order valence-electron chi connectivity index (χ1n) is 9.04. The van der Waals surface area contributed by atoms with Crippen LogP contribution in [0.3, 0.4) is 0 Å². The SMILES string of the molecule is CC(=O)N(CN1C(=O)[C@@H]2[C@H]3C=C[C@@H]([C@@H]4C[C@@H]34)[C@H]2C1=O)c1ccc(Cl)cc1. The summed E-state index contributed by atoms with van der Waals surface area (Å²) in [4.78, 5) is 41.0. The summed E-state index contributed by atoms with van der Waals surface area (Å²) in [5.41, 5.74) is 0.626. The summed E-state index contributed by atoms with van der Waals surface area (Å²) >= 11 is 5.92. The van der Waals surface area contributed by atoms with Crippen LogP contribution in [0.15, 0.2) is 36.4 Å². The summed E-state index contributed by atoms with van der Waals surface area (Å²) in [5, 5.41) is 0.568. The Bertz CT molecular complexity index is 813. The molecule has 26 heavy (non-hydrogen) atoms. The molecule has 3 fully saturated rings. The fourth-order valence-electron chi connectivity index (χ4n) is 5.28. The molecule has 1 aromatic rings. The van der Waals surface area contributed by atoms with Crippen molar-refractivity contribution in [2.75, 3.05) is 11.6 Å². The number of allylic oxidation sites excluding steroid dienone is 2. The number of anilines is 1. The highest BCUT2D eigenvalue weighted by atomic mass is 35.5. The minimum atomic E-state index is -0.236. The van der Waals surface area contributed by atoms with Crippen molar-refractivity contribution in [3.63, 3.8) is 0 Å². The quantitative estimate of drug-likeness (QED) is 0.607. The van der Waals surface area contributed by atoms with Gasteiger partial charge in [-0.2, -0.15) is 0 Å². The Morgan fingerprint density at radius 2 is 1.62 bits per heavy atom. The zero-order chi connectivity index (χ0) is 18.2. The lowest BCUT2D eigenvalue weighted by Gasteiger charge is -2.37. The van der Waals surface area contributed by atoms with E-state index in [9.17, 15) is 14.4 Å². The van der Waals surface area contributed by atoms with Crippen molar-refractivity contribution in [3.8, 4) is 0 Å². The van der Waals surface area contributed by atoms with Gasteiger partial charge in [0.1, 0.15) is 6.67 Å². The number of carbonyl (C=O) groups is 3. The van der Waals surface area contributed by atoms with E-state index in [1.54, 1.807) is 24.3 Å². The number of hydrogen-bond acceptors (Lipinski definition) is 3. The molecule has 2 bridgehead atoms. The number of hydrogen-bond donors (Lipinski definition) is 0. The van der Waals surface area contributed by atoms with Crippen molar-refractivity contribution in [2.24, 2.45) is 35.5 Å². The van der Waals surface area contributed by atoms with E-state index in [0.717, 1.165) is 6.42 Å². The van der Waals surface area contributed by atoms with Crippen LogP contribution in [-0.2, 0) is 14.4 Å². The van der Waals surface area contributed by atoms with Gasteiger partial charge in [-0.1, -0.05) is 23.8 Å². The first-order valence-corrected chi connectivity index (χ1v) is 9.42. The summed E-state index contributed by atoms with van der Waals surface area (Å²) < 4.78 is 0. The van der Waals surface area contributed by atoms with Crippen LogP contribution < -0.4 is 4.90 Å². The van der Waals surface area contributed by atoms with Gasteiger partial charge in [-0.25, -0.2) is 0 Å². The van der Waals surface area contributed by atoms with Crippen LogP contribution >= 0.6 is 11.6 Å². The molecule has 134 valence electrons. The second-order valence-electron chi connectivity index (χ2n) is 7.82. The molecule has 6 rings (SSSR count). The van der Waals surface area contributed by atoms with Gasteiger partial charge in [0.05, 0.1) is 11.8 Å². The van der Waals surface area contributed by atoms with Crippen molar-refractivity contribution >= 4 is 35.0 Å². The number of nitrogens with zero attached hydrogens (tertiary/aromatic N) is 2. The largest absolute Gasteiger partial charge is 0.294 e. The molecule has 1 heterocycles. The number of rotatable bonds is 3. The molecular formula is C20H19ClN2O3. The number of imide groups is 1. The van der Waals surface area contributed by atoms with E-state index in [1.165, 1.54) is 16.7 Å². The van der Waals surface area contributed by atoms with Crippen LogP contribution in [0.5, 0.6) is 0 Å². The van der Waals surface area contributed by atoms with Gasteiger partial charge in [-0.05, 0) is 54.4 Å². The molecule has 0 radical (unpaired) electrons. The van der Waals surface area contributed by atoms with Gasteiger partial charge < -0.3 is 0 Å². The third kappa shape index (κ3) is 2.13. The van der Waals surface area contributed by atoms with E-state index in [-0.39, 0.29) is 48.1 Å². The van der Waals surface area contributed by atoms with Crippen molar-refractivity contribution < 1.29 is 14.4 Å². The lowest BCUT2D eigenvalue weighted by atomic mass is 9.63. The van der Waals surface area contributed by atoms with Crippen LogP contribution in [-0.4, -0.2) is 29.3 Å². The highest BCUT2D eigenvalue weighted by Gasteiger charge is 2.67. The van der Waals surface area contributed by atoms with Gasteiger partial charge in [0, 0.05) is 17.6 Å². The fraction of sp³-hybridized carbons (Fsp3) is 0.450. The van der Waals surface area contributed by atoms with E-state index in [0.29, 0.717) is 22.5 Å². The summed E-state index contributed by atoms with van der Waals surface area (Å²) in [5.74, 6) is 0.601. The zero-order valence-electron chi connectivity index (χ0n) is 14.3. The predicted molar refractivity (Wildman–Crippen MR) is 96.0 cm³/mol. The van der Waals surface area contributed by atoms with Crippen LogP contribution in [0.25, 0.3) is 0 Å². The van der Waals surface area contributed by atoms with Crippen molar-refractivity contribution in [3.05, 3.63) is 41.4 Å². The molecular weight excluding hydrogens is 352 g/mol. The Labute approximate surface area is 156 Å². The Morgan fingerprint density at radius 3 is 2.12 bits per heavy atom. The monoisotopic (exact) mass is 370 g/mol. The number of amides is 3. The average Bonchev–Trinajstić information content (AvgIpc) is 3.40. The van der Waals surface area contributed by atoms with E-state index < -0.39 is 0 Å². The van der Waals surface area contributed by atoms with Crippen LogP contribution in [0.1, 0.15) is 13.3 Å². The molecule has 6 atom stereocenters. The fourth-order valence-corrected chi connectivity index (χ4v) is 5.41. The van der Waals surface area contributed by atoms with E-state index in [2.05, 4.69) is 12.2 Å². The van der Waals surface area contributed by atoms with E-state index in [1.807, 2.05) is 0 Å². The standard InChI is InChI=1S/C20H19ClN2O3/c1-10(24)22(12-4-2-11(21)3-5-12)9-23-19(25)17-13-6-7-14(16-8-15(13)16)18(17)20(23)26/h2-7,13-18H,8-9H2,1H3/t13-,14-,15-,16-,17+,18+/m0/s1. The summed E-state index contributed by atoms with van der Waals surface area (Å²) in [7, 11) is 0. The predicted octanol–water partition coefficient (Wildman–Crippen LogP) is 2.70. The normalized spacial score (nSPS) is 36.2. The summed E-state index contributed by atoms with van der Waals surface area (Å²) in [6.45, 7) is 1.41. The van der Waals surface area contributed by atoms with Crippen molar-refractivity contribution in [1.29, 1.82) is 0 Å². The molecule has 3 amide bonds. The van der Waals surface area contributed by atoms with Gasteiger partial charge in [0.2, 0.25) is 17.7 Å². The second kappa shape index (κ2) is 5.43. The number of carbonyl (C=O) groups excluding carboxylic acids is 3. The molecule has 6 heteroatoms. The highest BCUT2D eigenvalue weighted by molar-refractivity contribution is 6.30. The molecule has 5 aliphatic rings.